The second-order valence-corrected chi connectivity index (χ2v) is 8.23. The number of aryl methyl sites for hydroxylation is 1. The maximum Gasteiger partial charge on any atom is 0.252 e. The highest BCUT2D eigenvalue weighted by Gasteiger charge is 2.32. The molecule has 1 aromatic heterocycles. The van der Waals surface area contributed by atoms with Crippen LogP contribution in [0.2, 0.25) is 0 Å². The molecule has 17 heavy (non-hydrogen) atoms. The van der Waals surface area contributed by atoms with Crippen LogP contribution in [-0.4, -0.2) is 31.1 Å². The fourth-order valence-electron chi connectivity index (χ4n) is 1.96. The van der Waals surface area contributed by atoms with Crippen molar-refractivity contribution in [3.63, 3.8) is 0 Å². The molecular formula is C11H16BrNO2S2. The van der Waals surface area contributed by atoms with Crippen LogP contribution in [0.15, 0.2) is 16.3 Å². The zero-order valence-corrected chi connectivity index (χ0v) is 12.9. The van der Waals surface area contributed by atoms with E-state index in [2.05, 4.69) is 15.9 Å². The van der Waals surface area contributed by atoms with Crippen LogP contribution in [0.25, 0.3) is 0 Å². The zero-order chi connectivity index (χ0) is 12.5. The van der Waals surface area contributed by atoms with E-state index < -0.39 is 10.0 Å². The van der Waals surface area contributed by atoms with Gasteiger partial charge >= 0.3 is 0 Å². The molecule has 0 saturated carbocycles. The van der Waals surface area contributed by atoms with Gasteiger partial charge in [0.05, 0.1) is 0 Å². The molecule has 3 nitrogen and oxygen atoms in total. The van der Waals surface area contributed by atoms with E-state index in [0.29, 0.717) is 23.2 Å². The highest BCUT2D eigenvalue weighted by atomic mass is 79.9. The Hall–Kier alpha value is 0.0900. The molecule has 0 aromatic carbocycles. The molecule has 2 heterocycles. The van der Waals surface area contributed by atoms with Crippen molar-refractivity contribution in [2.24, 2.45) is 5.92 Å². The molecule has 6 heteroatoms. The average molecular weight is 338 g/mol. The van der Waals surface area contributed by atoms with Crippen LogP contribution < -0.4 is 0 Å². The van der Waals surface area contributed by atoms with Gasteiger partial charge in [0.2, 0.25) is 0 Å². The van der Waals surface area contributed by atoms with Gasteiger partial charge in [0.25, 0.3) is 10.0 Å². The van der Waals surface area contributed by atoms with E-state index in [1.54, 1.807) is 10.4 Å². The van der Waals surface area contributed by atoms with Gasteiger partial charge in [0, 0.05) is 23.3 Å². The van der Waals surface area contributed by atoms with E-state index in [4.69, 9.17) is 0 Å². The molecule has 0 amide bonds. The molecule has 96 valence electrons. The molecule has 0 N–H and O–H groups in total. The number of sulfonamides is 1. The van der Waals surface area contributed by atoms with Crippen molar-refractivity contribution < 1.29 is 8.42 Å². The number of hydrogen-bond donors (Lipinski definition) is 0. The Bertz CT molecular complexity index is 483. The number of halogens is 1. The first-order chi connectivity index (χ1) is 8.07. The van der Waals surface area contributed by atoms with E-state index in [1.807, 2.05) is 13.0 Å². The first kappa shape index (κ1) is 13.5. The predicted molar refractivity (Wildman–Crippen MR) is 74.4 cm³/mol. The summed E-state index contributed by atoms with van der Waals surface area (Å²) in [5.74, 6) is 0.454. The fraction of sp³-hybridized carbons (Fsp3) is 0.636. The Kier molecular flexibility index (Phi) is 4.28. The van der Waals surface area contributed by atoms with Crippen molar-refractivity contribution in [3.05, 3.63) is 17.0 Å². The summed E-state index contributed by atoms with van der Waals surface area (Å²) in [5.41, 5.74) is 0. The van der Waals surface area contributed by atoms with Gasteiger partial charge in [-0.2, -0.15) is 4.31 Å². The molecule has 1 aliphatic rings. The van der Waals surface area contributed by atoms with E-state index in [0.717, 1.165) is 23.0 Å². The second kappa shape index (κ2) is 5.38. The minimum atomic E-state index is -3.24. The molecule has 2 rings (SSSR count). The van der Waals surface area contributed by atoms with Crippen molar-refractivity contribution in [1.82, 2.24) is 4.31 Å². The number of rotatable bonds is 4. The number of alkyl halides is 1. The van der Waals surface area contributed by atoms with Crippen LogP contribution in [0.5, 0.6) is 0 Å². The molecule has 0 radical (unpaired) electrons. The van der Waals surface area contributed by atoms with Gasteiger partial charge in [0.1, 0.15) is 4.21 Å². The molecule has 0 aliphatic carbocycles. The summed E-state index contributed by atoms with van der Waals surface area (Å²) < 4.78 is 26.8. The Morgan fingerprint density at radius 3 is 2.82 bits per heavy atom. The normalized spacial score (nSPS) is 22.1. The number of hydrogen-bond acceptors (Lipinski definition) is 3. The van der Waals surface area contributed by atoms with Gasteiger partial charge < -0.3 is 0 Å². The summed E-state index contributed by atoms with van der Waals surface area (Å²) in [6, 6.07) is 3.65. The smallest absolute Gasteiger partial charge is 0.206 e. The first-order valence-electron chi connectivity index (χ1n) is 5.72. The van der Waals surface area contributed by atoms with E-state index in [9.17, 15) is 8.42 Å². The van der Waals surface area contributed by atoms with Gasteiger partial charge in [-0.25, -0.2) is 8.42 Å². The van der Waals surface area contributed by atoms with Gasteiger partial charge in [-0.3, -0.25) is 0 Å². The lowest BCUT2D eigenvalue weighted by Gasteiger charge is -2.14. The van der Waals surface area contributed by atoms with Crippen LogP contribution in [0, 0.1) is 5.92 Å². The van der Waals surface area contributed by atoms with Crippen molar-refractivity contribution in [2.75, 3.05) is 18.4 Å². The SMILES string of the molecule is CCc1ccc(S(=O)(=O)N2CCC(CBr)C2)s1. The topological polar surface area (TPSA) is 37.4 Å². The van der Waals surface area contributed by atoms with Crippen molar-refractivity contribution in [2.45, 2.75) is 24.0 Å². The third-order valence-corrected chi connectivity index (χ3v) is 7.52. The summed E-state index contributed by atoms with van der Waals surface area (Å²) >= 11 is 4.82. The van der Waals surface area contributed by atoms with E-state index in [1.165, 1.54) is 11.3 Å². The van der Waals surface area contributed by atoms with E-state index >= 15 is 0 Å². The molecule has 1 atom stereocenters. The summed E-state index contributed by atoms with van der Waals surface area (Å²) in [4.78, 5) is 1.12. The Morgan fingerprint density at radius 1 is 1.53 bits per heavy atom. The molecule has 0 spiro atoms. The molecule has 1 fully saturated rings. The quantitative estimate of drug-likeness (QED) is 0.792. The Morgan fingerprint density at radius 2 is 2.29 bits per heavy atom. The van der Waals surface area contributed by atoms with Crippen LogP contribution >= 0.6 is 27.3 Å². The fourth-order valence-corrected chi connectivity index (χ4v) is 5.46. The number of nitrogens with zero attached hydrogens (tertiary/aromatic N) is 1. The molecule has 0 bridgehead atoms. The second-order valence-electron chi connectivity index (χ2n) is 4.25. The lowest BCUT2D eigenvalue weighted by Crippen LogP contribution is -2.28. The molecule has 1 saturated heterocycles. The molecule has 1 aromatic rings. The van der Waals surface area contributed by atoms with Gasteiger partial charge in [0.15, 0.2) is 0 Å². The lowest BCUT2D eigenvalue weighted by molar-refractivity contribution is 0.467. The van der Waals surface area contributed by atoms with Crippen molar-refractivity contribution in [1.29, 1.82) is 0 Å². The maximum atomic E-state index is 12.3. The summed E-state index contributed by atoms with van der Waals surface area (Å²) in [5, 5.41) is 0.879. The highest BCUT2D eigenvalue weighted by molar-refractivity contribution is 9.09. The average Bonchev–Trinajstić information content (AvgIpc) is 2.98. The minimum Gasteiger partial charge on any atom is -0.206 e. The van der Waals surface area contributed by atoms with Crippen molar-refractivity contribution in [3.8, 4) is 0 Å². The summed E-state index contributed by atoms with van der Waals surface area (Å²) in [6.45, 7) is 3.34. The zero-order valence-electron chi connectivity index (χ0n) is 9.73. The molecule has 1 aliphatic heterocycles. The Labute approximate surface area is 115 Å². The first-order valence-corrected chi connectivity index (χ1v) is 9.10. The van der Waals surface area contributed by atoms with Gasteiger partial charge in [-0.15, -0.1) is 11.3 Å². The third kappa shape index (κ3) is 2.75. The third-order valence-electron chi connectivity index (χ3n) is 3.05. The predicted octanol–water partition coefficient (Wildman–Crippen LogP) is 2.72. The van der Waals surface area contributed by atoms with Crippen LogP contribution in [0.4, 0.5) is 0 Å². The van der Waals surface area contributed by atoms with Gasteiger partial charge in [-0.05, 0) is 30.9 Å². The standard InChI is InChI=1S/C11H16BrNO2S2/c1-2-10-3-4-11(16-10)17(14,15)13-6-5-9(7-12)8-13/h3-4,9H,2,5-8H2,1H3. The van der Waals surface area contributed by atoms with Crippen molar-refractivity contribution >= 4 is 37.3 Å². The maximum absolute atomic E-state index is 12.3. The largest absolute Gasteiger partial charge is 0.252 e. The van der Waals surface area contributed by atoms with Gasteiger partial charge in [-0.1, -0.05) is 22.9 Å². The molecular weight excluding hydrogens is 322 g/mol. The summed E-state index contributed by atoms with van der Waals surface area (Å²) in [6.07, 6.45) is 1.85. The number of thiophene rings is 1. The lowest BCUT2D eigenvalue weighted by atomic mass is 10.2. The van der Waals surface area contributed by atoms with Crippen LogP contribution in [0.1, 0.15) is 18.2 Å². The van der Waals surface area contributed by atoms with Crippen LogP contribution in [0.3, 0.4) is 0 Å². The Balaban J connectivity index is 2.19. The van der Waals surface area contributed by atoms with Crippen LogP contribution in [-0.2, 0) is 16.4 Å². The highest BCUT2D eigenvalue weighted by Crippen LogP contribution is 2.29. The minimum absolute atomic E-state index is 0.454. The monoisotopic (exact) mass is 337 g/mol. The van der Waals surface area contributed by atoms with E-state index in [-0.39, 0.29) is 0 Å². The summed E-state index contributed by atoms with van der Waals surface area (Å²) in [7, 11) is -3.24. The molecule has 1 unspecified atom stereocenters.